The predicted octanol–water partition coefficient (Wildman–Crippen LogP) is 28.1. The zero-order valence-corrected chi connectivity index (χ0v) is 83.6. The molecule has 0 radical (unpaired) electrons. The molecule has 150 heavy (non-hydrogen) atoms. The summed E-state index contributed by atoms with van der Waals surface area (Å²) in [6, 6.07) is 143. The first kappa shape index (κ1) is 99.9. The zero-order chi connectivity index (χ0) is 103. The molecule has 0 amide bonds. The van der Waals surface area contributed by atoms with Gasteiger partial charge in [-0.1, -0.05) is 78.9 Å². The van der Waals surface area contributed by atoms with E-state index in [2.05, 4.69) is 65.8 Å². The summed E-state index contributed by atoms with van der Waals surface area (Å²) in [6.45, 7) is -0.364. The van der Waals surface area contributed by atoms with Crippen molar-refractivity contribution in [3.63, 3.8) is 0 Å². The molecule has 24 heteroatoms. The van der Waals surface area contributed by atoms with Gasteiger partial charge in [-0.15, -0.1) is 0 Å². The van der Waals surface area contributed by atoms with E-state index in [-0.39, 0.29) is 33.0 Å². The lowest BCUT2D eigenvalue weighted by Crippen LogP contribution is -2.11. The third-order valence-electron chi connectivity index (χ3n) is 25.6. The van der Waals surface area contributed by atoms with Crippen molar-refractivity contribution in [2.24, 2.45) is 0 Å². The summed E-state index contributed by atoms with van der Waals surface area (Å²) in [4.78, 5) is 43.7. The lowest BCUT2D eigenvalue weighted by Gasteiger charge is -2.26. The fourth-order valence-corrected chi connectivity index (χ4v) is 17.8. The Hall–Kier alpha value is -18.8. The molecule has 24 nitrogen and oxygen atoms in total. The lowest BCUT2D eigenvalue weighted by molar-refractivity contribution is 0.281. The Morgan fingerprint density at radius 2 is 0.293 bits per heavy atom. The number of aromatic nitrogens is 6. The molecule has 0 saturated carbocycles. The van der Waals surface area contributed by atoms with Gasteiger partial charge in [0.2, 0.25) is 0 Å². The van der Waals surface area contributed by atoms with Crippen LogP contribution in [-0.4, -0.2) is 105 Å². The molecule has 0 aliphatic rings. The highest BCUT2D eigenvalue weighted by atomic mass is 16.5. The number of rotatable bonds is 36. The summed E-state index contributed by atoms with van der Waals surface area (Å²) in [5.74, 6) is 8.11. The van der Waals surface area contributed by atoms with Gasteiger partial charge in [0.1, 0.15) is 40.2 Å². The molecule has 20 aromatic rings. The van der Waals surface area contributed by atoms with E-state index in [1.54, 1.807) is 49.8 Å². The fraction of sp³-hybridized carbons (Fsp3) is 0.0952. The second-order valence-electron chi connectivity index (χ2n) is 34.9. The van der Waals surface area contributed by atoms with Gasteiger partial charge in [0.25, 0.3) is 0 Å². The Labute approximate surface area is 871 Å². The van der Waals surface area contributed by atoms with Gasteiger partial charge in [-0.2, -0.15) is 0 Å². The standard InChI is InChI=1S/2C63H54N6O6/c1-72-57-33-25-53(26-34-57)67(48-15-5-43(41-70)6-16-48)50-19-9-45(10-20-50)61-64-62(46-11-21-51(22-12-46)68(49-17-7-44(42-71)8-18-49)54-27-35-58(73-2)36-28-54)66-63(65-61)47-13-23-52(24-14-47)69(55-29-37-59(74-3)38-30-55)56-31-39-60(75-4)40-32-56;1-73-58-19-7-16-55(37-58)67(52-13-4-10-43(34-52)40-70)49-28-22-46(23-29-49)61-64-62(47-24-30-50(31-25-47)68(53-14-5-11-44(35-53)41-71)56-17-8-20-59(38-56)74-2)66-63(65-61)48-26-32-51(33-27-48)69(54-15-6-12-45(36-54)42-72)57-18-9-21-60(39-57)75-3/h5-40,70-71H,41-42H2,1-4H3;4-39,70-72H,40-42H2,1-3H3. The first-order valence-electron chi connectivity index (χ1n) is 48.6. The zero-order valence-electron chi connectivity index (χ0n) is 83.6. The highest BCUT2D eigenvalue weighted by Gasteiger charge is 2.26. The van der Waals surface area contributed by atoms with Gasteiger partial charge in [-0.25, -0.2) is 29.9 Å². The van der Waals surface area contributed by atoms with E-state index in [4.69, 9.17) is 63.1 Å². The van der Waals surface area contributed by atoms with Crippen LogP contribution in [0.4, 0.5) is 102 Å². The Balaban J connectivity index is 0.000000188. The number of aliphatic hydroxyl groups is 5. The van der Waals surface area contributed by atoms with Crippen molar-refractivity contribution >= 4 is 102 Å². The van der Waals surface area contributed by atoms with Crippen molar-refractivity contribution in [2.75, 3.05) is 79.2 Å². The quantitative estimate of drug-likeness (QED) is 0.0244. The average Bonchev–Trinajstić information content (AvgIpc) is 0.768. The third kappa shape index (κ3) is 22.8. The number of methoxy groups -OCH3 is 7. The SMILES string of the molecule is COc1ccc(N(c2ccc(CO)cc2)c2ccc(-c3nc(-c4ccc(N(c5ccc(CO)cc5)c5ccc(OC)cc5)cc4)nc(-c4ccc(N(c5ccc(OC)cc5)c5ccc(OC)cc5)cc4)n3)cc2)cc1.COc1cccc(N(c2ccc(-c3nc(-c4ccc(N(c5cccc(CO)c5)c5cccc(OC)c5)cc4)nc(-c4ccc(N(c5cccc(CO)c5)c5cccc(OC)c5)cc4)n3)cc2)c2cccc(CO)c2)c1. The molecule has 0 saturated heterocycles. The summed E-state index contributed by atoms with van der Waals surface area (Å²) < 4.78 is 38.8. The van der Waals surface area contributed by atoms with Gasteiger partial charge in [-0.05, 0) is 368 Å². The summed E-state index contributed by atoms with van der Waals surface area (Å²) in [6.07, 6.45) is 0. The number of hydrogen-bond donors (Lipinski definition) is 5. The van der Waals surface area contributed by atoms with Crippen molar-refractivity contribution in [3.05, 3.63) is 465 Å². The van der Waals surface area contributed by atoms with Crippen molar-refractivity contribution in [1.82, 2.24) is 29.9 Å². The summed E-state index contributed by atoms with van der Waals surface area (Å²) in [5, 5.41) is 49.9. The van der Waals surface area contributed by atoms with Crippen LogP contribution in [0.2, 0.25) is 0 Å². The van der Waals surface area contributed by atoms with Crippen LogP contribution in [0.1, 0.15) is 27.8 Å². The maximum absolute atomic E-state index is 10.1. The molecular weight excluding hydrogens is 1870 g/mol. The maximum atomic E-state index is 10.1. The molecule has 20 rings (SSSR count). The number of aliphatic hydroxyl groups excluding tert-OH is 5. The fourth-order valence-electron chi connectivity index (χ4n) is 17.8. The minimum absolute atomic E-state index is 0.0454. The average molecular weight is 1980 g/mol. The van der Waals surface area contributed by atoms with Crippen LogP contribution < -0.4 is 62.6 Å². The van der Waals surface area contributed by atoms with Crippen LogP contribution in [0.15, 0.2) is 437 Å². The van der Waals surface area contributed by atoms with E-state index in [0.29, 0.717) is 52.2 Å². The topological polar surface area (TPSA) is 263 Å². The number of ether oxygens (including phenoxy) is 7. The van der Waals surface area contributed by atoms with Gasteiger partial charge < -0.3 is 88.1 Å². The van der Waals surface area contributed by atoms with E-state index in [1.165, 1.54) is 0 Å². The van der Waals surface area contributed by atoms with Crippen molar-refractivity contribution < 1.29 is 58.7 Å². The van der Waals surface area contributed by atoms with Gasteiger partial charge in [0.05, 0.1) is 82.8 Å². The molecule has 744 valence electrons. The molecule has 0 spiro atoms. The third-order valence-corrected chi connectivity index (χ3v) is 25.6. The van der Waals surface area contributed by atoms with Crippen LogP contribution in [0, 0.1) is 0 Å². The van der Waals surface area contributed by atoms with E-state index in [1.807, 2.05) is 400 Å². The Bertz CT molecular complexity index is 6900. The van der Waals surface area contributed by atoms with E-state index in [9.17, 15) is 25.5 Å². The van der Waals surface area contributed by atoms with Gasteiger partial charge in [0, 0.05) is 154 Å². The van der Waals surface area contributed by atoms with Crippen molar-refractivity contribution in [3.8, 4) is 109 Å². The molecule has 0 atom stereocenters. The molecule has 2 heterocycles. The Morgan fingerprint density at radius 3 is 0.460 bits per heavy atom. The second-order valence-corrected chi connectivity index (χ2v) is 34.9. The summed E-state index contributed by atoms with van der Waals surface area (Å²) in [7, 11) is 11.6. The van der Waals surface area contributed by atoms with Gasteiger partial charge in [-0.3, -0.25) is 0 Å². The molecule has 0 aliphatic carbocycles. The summed E-state index contributed by atoms with van der Waals surface area (Å²) in [5.41, 5.74) is 24.9. The van der Waals surface area contributed by atoms with E-state index >= 15 is 0 Å². The minimum atomic E-state index is -0.0910. The van der Waals surface area contributed by atoms with E-state index < -0.39 is 0 Å². The molecular formula is C126H108N12O12. The Kier molecular flexibility index (Phi) is 31.2. The van der Waals surface area contributed by atoms with Crippen LogP contribution in [-0.2, 0) is 33.0 Å². The molecule has 0 fully saturated rings. The van der Waals surface area contributed by atoms with E-state index in [0.717, 1.165) is 187 Å². The second kappa shape index (κ2) is 46.9. The van der Waals surface area contributed by atoms with Crippen molar-refractivity contribution in [2.45, 2.75) is 33.0 Å². The molecule has 2 aromatic heterocycles. The number of benzene rings is 18. The normalized spacial score (nSPS) is 10.9. The monoisotopic (exact) mass is 1980 g/mol. The Morgan fingerprint density at radius 1 is 0.147 bits per heavy atom. The van der Waals surface area contributed by atoms with Gasteiger partial charge in [0.15, 0.2) is 34.9 Å². The van der Waals surface area contributed by atoms with Crippen LogP contribution in [0.25, 0.3) is 68.3 Å². The molecule has 18 aromatic carbocycles. The molecule has 0 bridgehead atoms. The minimum Gasteiger partial charge on any atom is -0.497 e. The first-order valence-corrected chi connectivity index (χ1v) is 48.6. The first-order chi connectivity index (χ1) is 73.7. The molecule has 0 aliphatic heterocycles. The predicted molar refractivity (Wildman–Crippen MR) is 596 cm³/mol. The number of anilines is 18. The number of hydrogen-bond acceptors (Lipinski definition) is 24. The molecule has 5 N–H and O–H groups in total. The highest BCUT2D eigenvalue weighted by molar-refractivity contribution is 5.87. The number of nitrogens with zero attached hydrogens (tertiary/aromatic N) is 12. The van der Waals surface area contributed by atoms with Crippen molar-refractivity contribution in [1.29, 1.82) is 0 Å². The van der Waals surface area contributed by atoms with Gasteiger partial charge >= 0.3 is 0 Å². The maximum Gasteiger partial charge on any atom is 0.164 e. The van der Waals surface area contributed by atoms with Crippen LogP contribution >= 0.6 is 0 Å². The highest BCUT2D eigenvalue weighted by Crippen LogP contribution is 2.47. The van der Waals surface area contributed by atoms with Crippen LogP contribution in [0.3, 0.4) is 0 Å². The largest absolute Gasteiger partial charge is 0.497 e. The summed E-state index contributed by atoms with van der Waals surface area (Å²) >= 11 is 0. The lowest BCUT2D eigenvalue weighted by atomic mass is 10.1. The smallest absolute Gasteiger partial charge is 0.164 e. The molecule has 0 unspecified atom stereocenters. The van der Waals surface area contributed by atoms with Crippen LogP contribution in [0.5, 0.6) is 40.2 Å².